The van der Waals surface area contributed by atoms with Crippen molar-refractivity contribution < 1.29 is 4.74 Å². The summed E-state index contributed by atoms with van der Waals surface area (Å²) in [5.41, 5.74) is 3.03. The van der Waals surface area contributed by atoms with Crippen LogP contribution in [0.1, 0.15) is 24.7 Å². The maximum Gasteiger partial charge on any atom is 0.138 e. The third kappa shape index (κ3) is 3.64. The summed E-state index contributed by atoms with van der Waals surface area (Å²) < 4.78 is 5.53. The molecule has 0 atom stereocenters. The molecule has 0 aliphatic rings. The van der Waals surface area contributed by atoms with E-state index in [1.54, 1.807) is 6.33 Å². The fourth-order valence-corrected chi connectivity index (χ4v) is 1.93. The van der Waals surface area contributed by atoms with Crippen LogP contribution in [0.5, 0.6) is 5.75 Å². The van der Waals surface area contributed by atoms with E-state index < -0.39 is 0 Å². The minimum atomic E-state index is 0.622. The van der Waals surface area contributed by atoms with Crippen LogP contribution >= 0.6 is 11.6 Å². The van der Waals surface area contributed by atoms with Crippen LogP contribution in [0.3, 0.4) is 0 Å². The number of anilines is 1. The third-order valence-electron chi connectivity index (χ3n) is 2.79. The lowest BCUT2D eigenvalue weighted by Gasteiger charge is -2.10. The Kier molecular flexibility index (Phi) is 4.68. The molecule has 0 spiro atoms. The predicted octanol–water partition coefficient (Wildman–Crippen LogP) is 3.77. The molecule has 5 heteroatoms. The van der Waals surface area contributed by atoms with Gasteiger partial charge in [0.25, 0.3) is 0 Å². The van der Waals surface area contributed by atoms with Crippen LogP contribution in [0, 0.1) is 6.92 Å². The number of aromatic nitrogens is 2. The minimum absolute atomic E-state index is 0.622. The highest BCUT2D eigenvalue weighted by Crippen LogP contribution is 2.28. The van der Waals surface area contributed by atoms with Crippen LogP contribution in [0.2, 0.25) is 5.02 Å². The van der Waals surface area contributed by atoms with Gasteiger partial charge in [-0.15, -0.1) is 0 Å². The standard InChI is InChI=1S/C14H18ClN3O/c1-3-6-19-14-5-4-11(7-12(14)15)16-8-13-10(2)17-9-18-13/h4-5,7,9,16H,3,6,8H2,1-2H3,(H,17,18). The molecular formula is C14H18ClN3O. The first-order valence-electron chi connectivity index (χ1n) is 6.35. The molecule has 1 aromatic heterocycles. The van der Waals surface area contributed by atoms with Crippen molar-refractivity contribution in [3.8, 4) is 5.75 Å². The van der Waals surface area contributed by atoms with Crippen molar-refractivity contribution in [1.29, 1.82) is 0 Å². The number of imidazole rings is 1. The van der Waals surface area contributed by atoms with Gasteiger partial charge in [-0.25, -0.2) is 4.98 Å². The number of benzene rings is 1. The van der Waals surface area contributed by atoms with Crippen molar-refractivity contribution >= 4 is 17.3 Å². The molecule has 0 radical (unpaired) electrons. The van der Waals surface area contributed by atoms with Crippen LogP contribution in [0.4, 0.5) is 5.69 Å². The Labute approximate surface area is 118 Å². The van der Waals surface area contributed by atoms with E-state index in [1.165, 1.54) is 0 Å². The molecule has 0 unspecified atom stereocenters. The molecule has 19 heavy (non-hydrogen) atoms. The summed E-state index contributed by atoms with van der Waals surface area (Å²) in [7, 11) is 0. The van der Waals surface area contributed by atoms with Gasteiger partial charge in [-0.2, -0.15) is 0 Å². The lowest BCUT2D eigenvalue weighted by Crippen LogP contribution is -2.02. The maximum absolute atomic E-state index is 6.17. The highest BCUT2D eigenvalue weighted by Gasteiger charge is 2.04. The molecule has 1 heterocycles. The van der Waals surface area contributed by atoms with Gasteiger partial charge in [0.15, 0.2) is 0 Å². The van der Waals surface area contributed by atoms with Gasteiger partial charge in [-0.05, 0) is 31.5 Å². The van der Waals surface area contributed by atoms with Gasteiger partial charge in [-0.1, -0.05) is 18.5 Å². The van der Waals surface area contributed by atoms with E-state index in [0.717, 1.165) is 29.2 Å². The molecule has 0 fully saturated rings. The minimum Gasteiger partial charge on any atom is -0.492 e. The summed E-state index contributed by atoms with van der Waals surface area (Å²) in [6.07, 6.45) is 2.66. The van der Waals surface area contributed by atoms with E-state index in [0.29, 0.717) is 18.2 Å². The Morgan fingerprint density at radius 3 is 2.89 bits per heavy atom. The summed E-state index contributed by atoms with van der Waals surface area (Å²) in [5, 5.41) is 3.91. The molecule has 0 bridgehead atoms. The summed E-state index contributed by atoms with van der Waals surface area (Å²) in [6.45, 7) is 5.41. The summed E-state index contributed by atoms with van der Waals surface area (Å²) >= 11 is 6.17. The molecule has 2 aromatic rings. The second-order valence-corrected chi connectivity index (χ2v) is 4.73. The summed E-state index contributed by atoms with van der Waals surface area (Å²) in [5.74, 6) is 0.727. The number of aryl methyl sites for hydroxylation is 1. The molecule has 0 aliphatic carbocycles. The van der Waals surface area contributed by atoms with Gasteiger partial charge in [-0.3, -0.25) is 0 Å². The number of nitrogens with zero attached hydrogens (tertiary/aromatic N) is 1. The number of nitrogens with one attached hydrogen (secondary N) is 2. The van der Waals surface area contributed by atoms with Crippen molar-refractivity contribution in [2.45, 2.75) is 26.8 Å². The first-order chi connectivity index (χ1) is 9.20. The van der Waals surface area contributed by atoms with Gasteiger partial charge < -0.3 is 15.0 Å². The van der Waals surface area contributed by atoms with E-state index in [1.807, 2.05) is 25.1 Å². The van der Waals surface area contributed by atoms with Crippen molar-refractivity contribution in [2.24, 2.45) is 0 Å². The van der Waals surface area contributed by atoms with Gasteiger partial charge in [0, 0.05) is 11.4 Å². The van der Waals surface area contributed by atoms with Crippen molar-refractivity contribution in [3.05, 3.63) is 40.9 Å². The number of hydrogen-bond donors (Lipinski definition) is 2. The van der Waals surface area contributed by atoms with E-state index in [4.69, 9.17) is 16.3 Å². The van der Waals surface area contributed by atoms with Gasteiger partial charge in [0.1, 0.15) is 5.75 Å². The first-order valence-corrected chi connectivity index (χ1v) is 6.73. The Balaban J connectivity index is 1.98. The first kappa shape index (κ1) is 13.7. The SMILES string of the molecule is CCCOc1ccc(NCc2nc[nH]c2C)cc1Cl. The maximum atomic E-state index is 6.17. The topological polar surface area (TPSA) is 49.9 Å². The lowest BCUT2D eigenvalue weighted by atomic mass is 10.3. The fraction of sp³-hybridized carbons (Fsp3) is 0.357. The van der Waals surface area contributed by atoms with Crippen molar-refractivity contribution in [3.63, 3.8) is 0 Å². The summed E-state index contributed by atoms with van der Waals surface area (Å²) in [6, 6.07) is 5.71. The normalized spacial score (nSPS) is 10.5. The molecule has 1 aromatic carbocycles. The van der Waals surface area contributed by atoms with Gasteiger partial charge in [0.2, 0.25) is 0 Å². The molecule has 2 N–H and O–H groups in total. The van der Waals surface area contributed by atoms with Crippen LogP contribution in [0.25, 0.3) is 0 Å². The van der Waals surface area contributed by atoms with E-state index in [-0.39, 0.29) is 0 Å². The van der Waals surface area contributed by atoms with Crippen molar-refractivity contribution in [1.82, 2.24) is 9.97 Å². The largest absolute Gasteiger partial charge is 0.492 e. The van der Waals surface area contributed by atoms with E-state index in [9.17, 15) is 0 Å². The molecule has 0 saturated carbocycles. The van der Waals surface area contributed by atoms with Crippen LogP contribution in [-0.2, 0) is 6.54 Å². The number of H-pyrrole nitrogens is 1. The highest BCUT2D eigenvalue weighted by atomic mass is 35.5. The third-order valence-corrected chi connectivity index (χ3v) is 3.08. The number of ether oxygens (including phenoxy) is 1. The number of aromatic amines is 1. The number of halogens is 1. The number of rotatable bonds is 6. The second-order valence-electron chi connectivity index (χ2n) is 4.32. The van der Waals surface area contributed by atoms with Gasteiger partial charge >= 0.3 is 0 Å². The number of hydrogen-bond acceptors (Lipinski definition) is 3. The van der Waals surface area contributed by atoms with Crippen LogP contribution < -0.4 is 10.1 Å². The molecule has 102 valence electrons. The average Bonchev–Trinajstić information content (AvgIpc) is 2.81. The molecular weight excluding hydrogens is 262 g/mol. The molecule has 2 rings (SSSR count). The monoisotopic (exact) mass is 279 g/mol. The predicted molar refractivity (Wildman–Crippen MR) is 77.9 cm³/mol. The quantitative estimate of drug-likeness (QED) is 0.846. The Bertz CT molecular complexity index is 539. The van der Waals surface area contributed by atoms with E-state index >= 15 is 0 Å². The van der Waals surface area contributed by atoms with Crippen LogP contribution in [-0.4, -0.2) is 16.6 Å². The molecule has 4 nitrogen and oxygen atoms in total. The zero-order valence-corrected chi connectivity index (χ0v) is 11.9. The fourth-order valence-electron chi connectivity index (χ4n) is 1.69. The zero-order valence-electron chi connectivity index (χ0n) is 11.2. The Morgan fingerprint density at radius 2 is 2.26 bits per heavy atom. The summed E-state index contributed by atoms with van der Waals surface area (Å²) in [4.78, 5) is 7.29. The van der Waals surface area contributed by atoms with Crippen molar-refractivity contribution in [2.75, 3.05) is 11.9 Å². The van der Waals surface area contributed by atoms with Crippen LogP contribution in [0.15, 0.2) is 24.5 Å². The molecule has 0 amide bonds. The molecule has 0 saturated heterocycles. The molecule has 0 aliphatic heterocycles. The average molecular weight is 280 g/mol. The Hall–Kier alpha value is -1.68. The smallest absolute Gasteiger partial charge is 0.138 e. The second kappa shape index (κ2) is 6.48. The lowest BCUT2D eigenvalue weighted by molar-refractivity contribution is 0.317. The van der Waals surface area contributed by atoms with Gasteiger partial charge in [0.05, 0.1) is 30.2 Å². The highest BCUT2D eigenvalue weighted by molar-refractivity contribution is 6.32. The zero-order chi connectivity index (χ0) is 13.7. The Morgan fingerprint density at radius 1 is 1.42 bits per heavy atom. The van der Waals surface area contributed by atoms with E-state index in [2.05, 4.69) is 22.2 Å².